The van der Waals surface area contributed by atoms with Gasteiger partial charge < -0.3 is 9.47 Å². The van der Waals surface area contributed by atoms with Gasteiger partial charge in [0.15, 0.2) is 0 Å². The minimum absolute atomic E-state index is 0.257. The molecule has 3 nitrogen and oxygen atoms in total. The van der Waals surface area contributed by atoms with Crippen molar-refractivity contribution in [3.05, 3.63) is 0 Å². The number of unbranched alkanes of at least 4 members (excludes halogenated alkanes) is 6. The molecule has 170 valence electrons. The van der Waals surface area contributed by atoms with Crippen LogP contribution in [0.1, 0.15) is 129 Å². The summed E-state index contributed by atoms with van der Waals surface area (Å²) in [6, 6.07) is 0. The van der Waals surface area contributed by atoms with Crippen molar-refractivity contribution in [1.82, 2.24) is 0 Å². The Labute approximate surface area is 180 Å². The molecule has 0 heterocycles. The van der Waals surface area contributed by atoms with E-state index >= 15 is 0 Å². The molecule has 0 aromatic rings. The van der Waals surface area contributed by atoms with Gasteiger partial charge in [0.25, 0.3) is 0 Å². The number of carbonyl (C=O) groups excluding carboxylic acids is 1. The topological polar surface area (TPSA) is 35.5 Å². The van der Waals surface area contributed by atoms with Gasteiger partial charge in [0, 0.05) is 0 Å². The van der Waals surface area contributed by atoms with Crippen LogP contribution in [0.4, 0.5) is 4.79 Å². The van der Waals surface area contributed by atoms with E-state index in [1.165, 1.54) is 103 Å². The van der Waals surface area contributed by atoms with E-state index in [2.05, 4.69) is 13.8 Å². The van der Waals surface area contributed by atoms with Crippen molar-refractivity contribution < 1.29 is 14.3 Å². The number of carbonyl (C=O) groups is 1. The largest absolute Gasteiger partial charge is 0.508 e. The number of rotatable bonds is 12. The van der Waals surface area contributed by atoms with E-state index < -0.39 is 6.16 Å². The normalized spacial score (nSPS) is 30.1. The average molecular weight is 409 g/mol. The van der Waals surface area contributed by atoms with Gasteiger partial charge in [-0.25, -0.2) is 4.79 Å². The molecule has 29 heavy (non-hydrogen) atoms. The second-order valence-electron chi connectivity index (χ2n) is 10.0. The Morgan fingerprint density at radius 3 is 2.00 bits per heavy atom. The molecule has 0 aromatic heterocycles. The van der Waals surface area contributed by atoms with Crippen molar-refractivity contribution in [2.75, 3.05) is 7.11 Å². The van der Waals surface area contributed by atoms with E-state index in [0.717, 1.165) is 37.0 Å². The lowest BCUT2D eigenvalue weighted by Crippen LogP contribution is -2.40. The quantitative estimate of drug-likeness (QED) is 0.240. The Kier molecular flexibility index (Phi) is 11.5. The van der Waals surface area contributed by atoms with Gasteiger partial charge in [-0.1, -0.05) is 78.1 Å². The molecule has 2 aliphatic rings. The predicted molar refractivity (Wildman–Crippen MR) is 121 cm³/mol. The Morgan fingerprint density at radius 1 is 0.793 bits per heavy atom. The smallest absolute Gasteiger partial charge is 0.438 e. The summed E-state index contributed by atoms with van der Waals surface area (Å²) in [5.41, 5.74) is -0.257. The Bertz CT molecular complexity index is 431. The van der Waals surface area contributed by atoms with Crippen molar-refractivity contribution in [3.8, 4) is 0 Å². The molecule has 0 radical (unpaired) electrons. The van der Waals surface area contributed by atoms with Gasteiger partial charge in [-0.05, 0) is 69.1 Å². The molecule has 0 saturated heterocycles. The first-order chi connectivity index (χ1) is 14.1. The molecule has 2 fully saturated rings. The summed E-state index contributed by atoms with van der Waals surface area (Å²) in [6.07, 6.45) is 22.8. The van der Waals surface area contributed by atoms with E-state index in [4.69, 9.17) is 9.47 Å². The standard InChI is InChI=1S/C26H48O3/c1-4-6-8-9-11-19-26(29-25(27)28-3)20-17-24(18-21-26)23-15-13-22(14-16-23)12-10-7-5-2/h22-24H,4-21H2,1-3H3. The second kappa shape index (κ2) is 13.5. The third-order valence-electron chi connectivity index (χ3n) is 7.92. The maximum absolute atomic E-state index is 11.9. The van der Waals surface area contributed by atoms with Crippen LogP contribution in [0.15, 0.2) is 0 Å². The molecule has 0 atom stereocenters. The third kappa shape index (κ3) is 8.50. The first-order valence-electron chi connectivity index (χ1n) is 12.9. The highest BCUT2D eigenvalue weighted by atomic mass is 16.7. The maximum atomic E-state index is 11.9. The van der Waals surface area contributed by atoms with Crippen molar-refractivity contribution in [2.45, 2.75) is 135 Å². The summed E-state index contributed by atoms with van der Waals surface area (Å²) < 4.78 is 10.7. The molecular weight excluding hydrogens is 360 g/mol. The molecule has 0 unspecified atom stereocenters. The molecule has 0 aromatic carbocycles. The SMILES string of the molecule is CCCCCCCC1(OC(=O)OC)CCC(C2CCC(CCCCC)CC2)CC1. The van der Waals surface area contributed by atoms with Gasteiger partial charge in [0.05, 0.1) is 7.11 Å². The van der Waals surface area contributed by atoms with Crippen LogP contribution in [0.2, 0.25) is 0 Å². The number of methoxy groups -OCH3 is 1. The number of hydrogen-bond donors (Lipinski definition) is 0. The lowest BCUT2D eigenvalue weighted by atomic mass is 9.67. The van der Waals surface area contributed by atoms with E-state index in [0.29, 0.717) is 0 Å². The summed E-state index contributed by atoms with van der Waals surface area (Å²) in [6.45, 7) is 4.55. The van der Waals surface area contributed by atoms with Crippen LogP contribution in [0, 0.1) is 17.8 Å². The highest BCUT2D eigenvalue weighted by molar-refractivity contribution is 5.60. The molecule has 2 rings (SSSR count). The highest BCUT2D eigenvalue weighted by Gasteiger charge is 2.41. The number of ether oxygens (including phenoxy) is 2. The fourth-order valence-electron chi connectivity index (χ4n) is 5.94. The summed E-state index contributed by atoms with van der Waals surface area (Å²) in [5, 5.41) is 0. The summed E-state index contributed by atoms with van der Waals surface area (Å²) in [7, 11) is 1.43. The van der Waals surface area contributed by atoms with Crippen molar-refractivity contribution >= 4 is 6.16 Å². The molecule has 0 N–H and O–H groups in total. The zero-order chi connectivity index (χ0) is 21.0. The Hall–Kier alpha value is -0.730. The van der Waals surface area contributed by atoms with E-state index in [9.17, 15) is 4.79 Å². The van der Waals surface area contributed by atoms with Gasteiger partial charge in [0.2, 0.25) is 0 Å². The monoisotopic (exact) mass is 408 g/mol. The van der Waals surface area contributed by atoms with Crippen LogP contribution < -0.4 is 0 Å². The zero-order valence-corrected chi connectivity index (χ0v) is 19.7. The fraction of sp³-hybridized carbons (Fsp3) is 0.962. The van der Waals surface area contributed by atoms with Crippen LogP contribution >= 0.6 is 0 Å². The van der Waals surface area contributed by atoms with Gasteiger partial charge in [-0.15, -0.1) is 0 Å². The highest BCUT2D eigenvalue weighted by Crippen LogP contribution is 2.46. The first kappa shape index (κ1) is 24.5. The molecular formula is C26H48O3. The molecule has 0 bridgehead atoms. The molecule has 3 heteroatoms. The predicted octanol–water partition coefficient (Wildman–Crippen LogP) is 8.45. The van der Waals surface area contributed by atoms with Crippen molar-refractivity contribution in [3.63, 3.8) is 0 Å². The first-order valence-corrected chi connectivity index (χ1v) is 12.9. The zero-order valence-electron chi connectivity index (χ0n) is 19.7. The van der Waals surface area contributed by atoms with Crippen LogP contribution in [0.3, 0.4) is 0 Å². The summed E-state index contributed by atoms with van der Waals surface area (Å²) in [4.78, 5) is 11.9. The molecule has 0 amide bonds. The van der Waals surface area contributed by atoms with Gasteiger partial charge in [-0.2, -0.15) is 0 Å². The summed E-state index contributed by atoms with van der Waals surface area (Å²) >= 11 is 0. The molecule has 2 aliphatic carbocycles. The van der Waals surface area contributed by atoms with Gasteiger partial charge >= 0.3 is 6.16 Å². The van der Waals surface area contributed by atoms with Crippen LogP contribution in [0.5, 0.6) is 0 Å². The average Bonchev–Trinajstić information content (AvgIpc) is 2.75. The number of hydrogen-bond acceptors (Lipinski definition) is 3. The Morgan fingerprint density at radius 2 is 1.38 bits per heavy atom. The molecule has 2 saturated carbocycles. The molecule has 0 spiro atoms. The van der Waals surface area contributed by atoms with E-state index in [-0.39, 0.29) is 5.60 Å². The van der Waals surface area contributed by atoms with E-state index in [1.807, 2.05) is 0 Å². The Balaban J connectivity index is 1.77. The van der Waals surface area contributed by atoms with Gasteiger partial charge in [-0.3, -0.25) is 0 Å². The molecule has 0 aliphatic heterocycles. The lowest BCUT2D eigenvalue weighted by Gasteiger charge is -2.43. The summed E-state index contributed by atoms with van der Waals surface area (Å²) in [5.74, 6) is 2.76. The van der Waals surface area contributed by atoms with Gasteiger partial charge in [0.1, 0.15) is 5.60 Å². The maximum Gasteiger partial charge on any atom is 0.508 e. The minimum atomic E-state index is -0.482. The van der Waals surface area contributed by atoms with E-state index in [1.54, 1.807) is 0 Å². The second-order valence-corrected chi connectivity index (χ2v) is 10.0. The van der Waals surface area contributed by atoms with Crippen LogP contribution in [-0.4, -0.2) is 18.9 Å². The van der Waals surface area contributed by atoms with Crippen LogP contribution in [-0.2, 0) is 9.47 Å². The third-order valence-corrected chi connectivity index (χ3v) is 7.92. The van der Waals surface area contributed by atoms with Crippen molar-refractivity contribution in [2.24, 2.45) is 17.8 Å². The fourth-order valence-corrected chi connectivity index (χ4v) is 5.94. The van der Waals surface area contributed by atoms with Crippen molar-refractivity contribution in [1.29, 1.82) is 0 Å². The van der Waals surface area contributed by atoms with Crippen LogP contribution in [0.25, 0.3) is 0 Å². The lowest BCUT2D eigenvalue weighted by molar-refractivity contribution is -0.0678. The minimum Gasteiger partial charge on any atom is -0.438 e.